The predicted molar refractivity (Wildman–Crippen MR) is 129 cm³/mol. The van der Waals surface area contributed by atoms with Gasteiger partial charge in [0, 0.05) is 17.4 Å². The Morgan fingerprint density at radius 1 is 1.12 bits per heavy atom. The van der Waals surface area contributed by atoms with Gasteiger partial charge in [-0.15, -0.1) is 11.8 Å². The van der Waals surface area contributed by atoms with Crippen LogP contribution in [0, 0.1) is 0 Å². The van der Waals surface area contributed by atoms with Crippen LogP contribution in [-0.4, -0.2) is 35.6 Å². The molecule has 0 spiro atoms. The maximum absolute atomic E-state index is 12.3. The number of benzene rings is 2. The molecule has 2 aromatic carbocycles. The van der Waals surface area contributed by atoms with Crippen LogP contribution in [0.25, 0.3) is 10.8 Å². The predicted octanol–water partition coefficient (Wildman–Crippen LogP) is 5.22. The van der Waals surface area contributed by atoms with Gasteiger partial charge in [0.05, 0.1) is 6.61 Å². The summed E-state index contributed by atoms with van der Waals surface area (Å²) in [5.74, 6) is -0.569. The first-order valence-corrected chi connectivity index (χ1v) is 12.5. The van der Waals surface area contributed by atoms with E-state index in [0.29, 0.717) is 12.5 Å². The molecule has 0 saturated heterocycles. The fourth-order valence-electron chi connectivity index (χ4n) is 4.25. The van der Waals surface area contributed by atoms with Crippen molar-refractivity contribution < 1.29 is 19.1 Å². The minimum Gasteiger partial charge on any atom is -0.465 e. The summed E-state index contributed by atoms with van der Waals surface area (Å²) >= 11 is 1.23. The number of aryl methyl sites for hydroxylation is 1. The van der Waals surface area contributed by atoms with Crippen molar-refractivity contribution in [3.8, 4) is 0 Å². The number of ketones is 1. The van der Waals surface area contributed by atoms with E-state index < -0.39 is 11.2 Å². The summed E-state index contributed by atoms with van der Waals surface area (Å²) in [6.45, 7) is 3.40. The van der Waals surface area contributed by atoms with E-state index in [2.05, 4.69) is 17.4 Å². The number of thioether (sulfide) groups is 1. The van der Waals surface area contributed by atoms with Gasteiger partial charge < -0.3 is 10.1 Å². The molecule has 2 aromatic rings. The van der Waals surface area contributed by atoms with Crippen LogP contribution in [0.2, 0.25) is 0 Å². The van der Waals surface area contributed by atoms with Crippen LogP contribution in [0.3, 0.4) is 0 Å². The van der Waals surface area contributed by atoms with E-state index in [4.69, 9.17) is 4.74 Å². The van der Waals surface area contributed by atoms with Crippen molar-refractivity contribution in [3.63, 3.8) is 0 Å². The Morgan fingerprint density at radius 2 is 1.91 bits per heavy atom. The molecule has 1 fully saturated rings. The second kappa shape index (κ2) is 12.0. The second-order valence-electron chi connectivity index (χ2n) is 8.42. The second-order valence-corrected chi connectivity index (χ2v) is 9.60. The minimum atomic E-state index is -0.858. The van der Waals surface area contributed by atoms with E-state index in [-0.39, 0.29) is 18.3 Å². The zero-order valence-electron chi connectivity index (χ0n) is 19.0. The number of amides is 1. The van der Waals surface area contributed by atoms with Crippen molar-refractivity contribution in [2.24, 2.45) is 0 Å². The fraction of sp³-hybridized carbons (Fsp3) is 0.500. The topological polar surface area (TPSA) is 72.5 Å². The van der Waals surface area contributed by atoms with Crippen molar-refractivity contribution in [3.05, 3.63) is 42.0 Å². The molecule has 0 aliphatic heterocycles. The summed E-state index contributed by atoms with van der Waals surface area (Å²) in [6, 6.07) is 12.5. The van der Waals surface area contributed by atoms with Crippen LogP contribution in [-0.2, 0) is 25.5 Å². The van der Waals surface area contributed by atoms with E-state index >= 15 is 0 Å². The first-order chi connectivity index (χ1) is 15.5. The van der Waals surface area contributed by atoms with E-state index in [1.54, 1.807) is 6.92 Å². The maximum atomic E-state index is 12.3. The van der Waals surface area contributed by atoms with Crippen LogP contribution in [0.1, 0.15) is 64.4 Å². The summed E-state index contributed by atoms with van der Waals surface area (Å²) in [7, 11) is 0. The number of nitrogens with one attached hydrogen (secondary N) is 1. The van der Waals surface area contributed by atoms with Crippen molar-refractivity contribution >= 4 is 40.2 Å². The van der Waals surface area contributed by atoms with Crippen LogP contribution in [0.5, 0.6) is 0 Å². The SMILES string of the molecule is CCOC(=O)C(Sc1ccc2cccc(CCCC(=O)NC3CCCCC3)c2c1)C(C)=O. The number of ether oxygens (including phenoxy) is 1. The number of hydrogen-bond donors (Lipinski definition) is 1. The van der Waals surface area contributed by atoms with Gasteiger partial charge in [-0.05, 0) is 68.0 Å². The van der Waals surface area contributed by atoms with E-state index in [1.807, 2.05) is 24.3 Å². The van der Waals surface area contributed by atoms with Crippen LogP contribution < -0.4 is 5.32 Å². The average molecular weight is 456 g/mol. The van der Waals surface area contributed by atoms with Gasteiger partial charge in [-0.1, -0.05) is 43.5 Å². The summed E-state index contributed by atoms with van der Waals surface area (Å²) in [5.41, 5.74) is 1.17. The summed E-state index contributed by atoms with van der Waals surface area (Å²) in [4.78, 5) is 37.3. The Balaban J connectivity index is 1.65. The molecule has 1 saturated carbocycles. The fourth-order valence-corrected chi connectivity index (χ4v) is 5.18. The lowest BCUT2D eigenvalue weighted by molar-refractivity contribution is -0.144. The molecule has 1 atom stereocenters. The Hall–Kier alpha value is -2.34. The molecule has 1 aliphatic carbocycles. The van der Waals surface area contributed by atoms with Crippen molar-refractivity contribution in [2.45, 2.75) is 81.4 Å². The number of rotatable bonds is 10. The zero-order valence-corrected chi connectivity index (χ0v) is 19.8. The van der Waals surface area contributed by atoms with Crippen molar-refractivity contribution in [1.82, 2.24) is 5.32 Å². The van der Waals surface area contributed by atoms with E-state index in [1.165, 1.54) is 43.5 Å². The third-order valence-corrected chi connectivity index (χ3v) is 7.17. The largest absolute Gasteiger partial charge is 0.465 e. The normalized spacial score (nSPS) is 15.3. The highest BCUT2D eigenvalue weighted by molar-refractivity contribution is 8.01. The zero-order chi connectivity index (χ0) is 22.9. The molecule has 1 unspecified atom stereocenters. The molecule has 0 bridgehead atoms. The summed E-state index contributed by atoms with van der Waals surface area (Å²) < 4.78 is 5.06. The molecule has 32 heavy (non-hydrogen) atoms. The van der Waals surface area contributed by atoms with E-state index in [9.17, 15) is 14.4 Å². The smallest absolute Gasteiger partial charge is 0.327 e. The van der Waals surface area contributed by atoms with Crippen molar-refractivity contribution in [1.29, 1.82) is 0 Å². The molecule has 3 rings (SSSR count). The standard InChI is InChI=1S/C26H33NO4S/c1-3-31-26(30)25(18(2)28)32-22-16-15-20-10-7-9-19(23(20)17-22)11-8-14-24(29)27-21-12-5-4-6-13-21/h7,9-10,15-17,21,25H,3-6,8,11-14H2,1-2H3,(H,27,29). The van der Waals surface area contributed by atoms with Gasteiger partial charge in [-0.3, -0.25) is 14.4 Å². The van der Waals surface area contributed by atoms with Gasteiger partial charge in [0.25, 0.3) is 0 Å². The highest BCUT2D eigenvalue weighted by atomic mass is 32.2. The Kier molecular flexibility index (Phi) is 9.15. The Bertz CT molecular complexity index is 952. The quantitative estimate of drug-likeness (QED) is 0.302. The first-order valence-electron chi connectivity index (χ1n) is 11.6. The number of hydrogen-bond acceptors (Lipinski definition) is 5. The number of esters is 1. The molecule has 0 heterocycles. The lowest BCUT2D eigenvalue weighted by Gasteiger charge is -2.22. The molecule has 1 amide bonds. The number of carbonyl (C=O) groups excluding carboxylic acids is 3. The lowest BCUT2D eigenvalue weighted by Crippen LogP contribution is -2.36. The molecule has 1 N–H and O–H groups in total. The van der Waals surface area contributed by atoms with Gasteiger partial charge in [0.1, 0.15) is 0 Å². The summed E-state index contributed by atoms with van der Waals surface area (Å²) in [6.07, 6.45) is 8.01. The number of fused-ring (bicyclic) bond motifs is 1. The van der Waals surface area contributed by atoms with E-state index in [0.717, 1.165) is 41.4 Å². The van der Waals surface area contributed by atoms with Crippen LogP contribution in [0.4, 0.5) is 0 Å². The monoisotopic (exact) mass is 455 g/mol. The van der Waals surface area contributed by atoms with Crippen LogP contribution >= 0.6 is 11.8 Å². The average Bonchev–Trinajstić information content (AvgIpc) is 2.78. The molecule has 0 radical (unpaired) electrons. The molecule has 6 heteroatoms. The highest BCUT2D eigenvalue weighted by Gasteiger charge is 2.26. The van der Waals surface area contributed by atoms with Gasteiger partial charge in [-0.25, -0.2) is 0 Å². The van der Waals surface area contributed by atoms with Gasteiger partial charge in [-0.2, -0.15) is 0 Å². The summed E-state index contributed by atoms with van der Waals surface area (Å²) in [5, 5.41) is 4.53. The Labute approximate surface area is 194 Å². The molecule has 5 nitrogen and oxygen atoms in total. The lowest BCUT2D eigenvalue weighted by atomic mass is 9.95. The number of Topliss-reactive ketones (excluding diaryl/α,β-unsaturated/α-hetero) is 1. The first kappa shape index (κ1) is 24.3. The molecule has 172 valence electrons. The maximum Gasteiger partial charge on any atom is 0.327 e. The third-order valence-electron chi connectivity index (χ3n) is 5.89. The van der Waals surface area contributed by atoms with Gasteiger partial charge in [0.15, 0.2) is 11.0 Å². The highest BCUT2D eigenvalue weighted by Crippen LogP contribution is 2.30. The third kappa shape index (κ3) is 6.83. The minimum absolute atomic E-state index is 0.145. The molecule has 1 aliphatic rings. The van der Waals surface area contributed by atoms with Crippen LogP contribution in [0.15, 0.2) is 41.3 Å². The molecule has 0 aromatic heterocycles. The van der Waals surface area contributed by atoms with Gasteiger partial charge >= 0.3 is 5.97 Å². The van der Waals surface area contributed by atoms with Gasteiger partial charge in [0.2, 0.25) is 5.91 Å². The van der Waals surface area contributed by atoms with Crippen molar-refractivity contribution in [2.75, 3.05) is 6.61 Å². The molecular formula is C26H33NO4S. The molecular weight excluding hydrogens is 422 g/mol. The Morgan fingerprint density at radius 3 is 2.62 bits per heavy atom. The number of carbonyl (C=O) groups is 3.